The number of hydrogen-bond donors (Lipinski definition) is 1. The summed E-state index contributed by atoms with van der Waals surface area (Å²) in [4.78, 5) is 2.24. The van der Waals surface area contributed by atoms with Crippen LogP contribution in [-0.2, 0) is 0 Å². The third-order valence-electron chi connectivity index (χ3n) is 2.81. The average molecular weight is 171 g/mol. The molecule has 12 heavy (non-hydrogen) atoms. The molecule has 0 unspecified atom stereocenters. The fourth-order valence-corrected chi connectivity index (χ4v) is 2.00. The standard InChI is InChI=1S/C10H21NO/c1-10(12)6-4-9(5-7-10)8-11(2)3/h9,12H,4-8H2,1-3H3. The first kappa shape index (κ1) is 10.0. The van der Waals surface area contributed by atoms with Crippen molar-refractivity contribution in [2.75, 3.05) is 20.6 Å². The molecule has 0 aromatic rings. The van der Waals surface area contributed by atoms with E-state index in [4.69, 9.17) is 0 Å². The van der Waals surface area contributed by atoms with E-state index in [1.807, 2.05) is 6.92 Å². The maximum Gasteiger partial charge on any atom is 0.0620 e. The first-order chi connectivity index (χ1) is 5.49. The van der Waals surface area contributed by atoms with Crippen LogP contribution in [0.15, 0.2) is 0 Å². The minimum absolute atomic E-state index is 0.372. The van der Waals surface area contributed by atoms with Crippen LogP contribution in [0.3, 0.4) is 0 Å². The largest absolute Gasteiger partial charge is 0.390 e. The van der Waals surface area contributed by atoms with Crippen molar-refractivity contribution >= 4 is 0 Å². The minimum Gasteiger partial charge on any atom is -0.390 e. The predicted octanol–water partition coefficient (Wildman–Crippen LogP) is 1.49. The number of aliphatic hydroxyl groups is 1. The normalized spacial score (nSPS) is 37.2. The first-order valence-electron chi connectivity index (χ1n) is 4.87. The van der Waals surface area contributed by atoms with Gasteiger partial charge in [0.2, 0.25) is 0 Å². The molecule has 0 saturated heterocycles. The van der Waals surface area contributed by atoms with Crippen LogP contribution in [0.4, 0.5) is 0 Å². The van der Waals surface area contributed by atoms with Gasteiger partial charge in [-0.05, 0) is 52.6 Å². The van der Waals surface area contributed by atoms with E-state index in [9.17, 15) is 5.11 Å². The zero-order valence-corrected chi connectivity index (χ0v) is 8.51. The highest BCUT2D eigenvalue weighted by molar-refractivity contribution is 4.81. The molecule has 1 fully saturated rings. The molecule has 2 heteroatoms. The molecule has 1 aliphatic carbocycles. The maximum absolute atomic E-state index is 9.71. The van der Waals surface area contributed by atoms with Gasteiger partial charge in [-0.2, -0.15) is 0 Å². The number of nitrogens with zero attached hydrogens (tertiary/aromatic N) is 1. The van der Waals surface area contributed by atoms with Crippen LogP contribution in [0, 0.1) is 5.92 Å². The summed E-state index contributed by atoms with van der Waals surface area (Å²) in [6.07, 6.45) is 4.33. The monoisotopic (exact) mass is 171 g/mol. The van der Waals surface area contributed by atoms with Crippen molar-refractivity contribution in [3.8, 4) is 0 Å². The summed E-state index contributed by atoms with van der Waals surface area (Å²) in [5.74, 6) is 0.806. The Hall–Kier alpha value is -0.0800. The predicted molar refractivity (Wildman–Crippen MR) is 51.1 cm³/mol. The maximum atomic E-state index is 9.71. The van der Waals surface area contributed by atoms with Crippen molar-refractivity contribution in [1.29, 1.82) is 0 Å². The van der Waals surface area contributed by atoms with Gasteiger partial charge >= 0.3 is 0 Å². The molecule has 0 spiro atoms. The highest BCUT2D eigenvalue weighted by Crippen LogP contribution is 2.31. The van der Waals surface area contributed by atoms with Gasteiger partial charge in [0.1, 0.15) is 0 Å². The summed E-state index contributed by atoms with van der Waals surface area (Å²) in [7, 11) is 4.24. The van der Waals surface area contributed by atoms with Gasteiger partial charge in [0.25, 0.3) is 0 Å². The lowest BCUT2D eigenvalue weighted by atomic mass is 9.80. The fraction of sp³-hybridized carbons (Fsp3) is 1.00. The zero-order valence-electron chi connectivity index (χ0n) is 8.51. The van der Waals surface area contributed by atoms with Crippen molar-refractivity contribution in [2.24, 2.45) is 5.92 Å². The van der Waals surface area contributed by atoms with E-state index < -0.39 is 0 Å². The van der Waals surface area contributed by atoms with E-state index in [2.05, 4.69) is 19.0 Å². The van der Waals surface area contributed by atoms with Crippen LogP contribution >= 0.6 is 0 Å². The average Bonchev–Trinajstić information content (AvgIpc) is 1.93. The molecule has 0 amide bonds. The molecule has 0 aromatic heterocycles. The van der Waals surface area contributed by atoms with Gasteiger partial charge in [-0.3, -0.25) is 0 Å². The smallest absolute Gasteiger partial charge is 0.0620 e. The van der Waals surface area contributed by atoms with Gasteiger partial charge in [-0.25, -0.2) is 0 Å². The third-order valence-corrected chi connectivity index (χ3v) is 2.81. The fourth-order valence-electron chi connectivity index (χ4n) is 2.00. The topological polar surface area (TPSA) is 23.5 Å². The summed E-state index contributed by atoms with van der Waals surface area (Å²) < 4.78 is 0. The van der Waals surface area contributed by atoms with Crippen LogP contribution in [-0.4, -0.2) is 36.2 Å². The van der Waals surface area contributed by atoms with Crippen LogP contribution in [0.2, 0.25) is 0 Å². The van der Waals surface area contributed by atoms with Crippen molar-refractivity contribution in [3.05, 3.63) is 0 Å². The molecule has 0 aromatic carbocycles. The number of rotatable bonds is 2. The Kier molecular flexibility index (Phi) is 3.13. The highest BCUT2D eigenvalue weighted by atomic mass is 16.3. The lowest BCUT2D eigenvalue weighted by Gasteiger charge is -2.34. The Morgan fingerprint density at radius 3 is 2.25 bits per heavy atom. The van der Waals surface area contributed by atoms with Crippen LogP contribution < -0.4 is 0 Å². The van der Waals surface area contributed by atoms with Gasteiger partial charge in [-0.15, -0.1) is 0 Å². The van der Waals surface area contributed by atoms with Crippen LogP contribution in [0.25, 0.3) is 0 Å². The van der Waals surface area contributed by atoms with Crippen molar-refractivity contribution in [1.82, 2.24) is 4.90 Å². The molecule has 1 saturated carbocycles. The third kappa shape index (κ3) is 3.11. The van der Waals surface area contributed by atoms with Gasteiger partial charge in [-0.1, -0.05) is 0 Å². The molecular formula is C10H21NO. The van der Waals surface area contributed by atoms with E-state index in [1.54, 1.807) is 0 Å². The molecule has 2 nitrogen and oxygen atoms in total. The van der Waals surface area contributed by atoms with Gasteiger partial charge in [0.05, 0.1) is 5.60 Å². The van der Waals surface area contributed by atoms with Crippen molar-refractivity contribution < 1.29 is 5.11 Å². The molecule has 0 bridgehead atoms. The summed E-state index contributed by atoms with van der Waals surface area (Å²) in [6.45, 7) is 3.13. The Balaban J connectivity index is 2.27. The van der Waals surface area contributed by atoms with E-state index >= 15 is 0 Å². The Labute approximate surface area is 75.6 Å². The minimum atomic E-state index is -0.372. The van der Waals surface area contributed by atoms with E-state index in [0.29, 0.717) is 0 Å². The molecule has 0 aliphatic heterocycles. The summed E-state index contributed by atoms with van der Waals surface area (Å²) in [6, 6.07) is 0. The summed E-state index contributed by atoms with van der Waals surface area (Å²) in [5.41, 5.74) is -0.372. The Morgan fingerprint density at radius 2 is 1.83 bits per heavy atom. The lowest BCUT2D eigenvalue weighted by molar-refractivity contribution is 0.00489. The van der Waals surface area contributed by atoms with E-state index in [0.717, 1.165) is 18.8 Å². The van der Waals surface area contributed by atoms with E-state index in [1.165, 1.54) is 19.4 Å². The molecule has 0 heterocycles. The zero-order chi connectivity index (χ0) is 9.19. The number of hydrogen-bond acceptors (Lipinski definition) is 2. The molecule has 72 valence electrons. The van der Waals surface area contributed by atoms with Gasteiger partial charge in [0.15, 0.2) is 0 Å². The van der Waals surface area contributed by atoms with Gasteiger partial charge in [0, 0.05) is 6.54 Å². The molecular weight excluding hydrogens is 150 g/mol. The highest BCUT2D eigenvalue weighted by Gasteiger charge is 2.28. The van der Waals surface area contributed by atoms with Crippen molar-refractivity contribution in [3.63, 3.8) is 0 Å². The quantitative estimate of drug-likeness (QED) is 0.680. The first-order valence-corrected chi connectivity index (χ1v) is 4.87. The second-order valence-corrected chi connectivity index (χ2v) is 4.70. The summed E-state index contributed by atoms with van der Waals surface area (Å²) in [5, 5.41) is 9.71. The lowest BCUT2D eigenvalue weighted by Crippen LogP contribution is -2.33. The van der Waals surface area contributed by atoms with E-state index in [-0.39, 0.29) is 5.60 Å². The molecule has 0 atom stereocenters. The second-order valence-electron chi connectivity index (χ2n) is 4.70. The molecule has 1 N–H and O–H groups in total. The van der Waals surface area contributed by atoms with Crippen LogP contribution in [0.1, 0.15) is 32.6 Å². The molecule has 1 rings (SSSR count). The second kappa shape index (κ2) is 3.75. The molecule has 0 radical (unpaired) electrons. The van der Waals surface area contributed by atoms with Crippen LogP contribution in [0.5, 0.6) is 0 Å². The van der Waals surface area contributed by atoms with Gasteiger partial charge < -0.3 is 10.0 Å². The molecule has 1 aliphatic rings. The Bertz CT molecular complexity index is 133. The summed E-state index contributed by atoms with van der Waals surface area (Å²) >= 11 is 0. The Morgan fingerprint density at radius 1 is 1.33 bits per heavy atom. The SMILES string of the molecule is CN(C)CC1CCC(C)(O)CC1. The van der Waals surface area contributed by atoms with Crippen molar-refractivity contribution in [2.45, 2.75) is 38.2 Å².